The van der Waals surface area contributed by atoms with Gasteiger partial charge in [0.1, 0.15) is 11.9 Å². The zero-order valence-corrected chi connectivity index (χ0v) is 13.2. The first-order valence-electron chi connectivity index (χ1n) is 6.92. The molecule has 0 radical (unpaired) electrons. The van der Waals surface area contributed by atoms with Crippen LogP contribution >= 0.6 is 11.6 Å². The van der Waals surface area contributed by atoms with E-state index in [0.717, 1.165) is 5.56 Å². The number of aryl methyl sites for hydroxylation is 1. The Hall–Kier alpha value is -2.05. The summed E-state index contributed by atoms with van der Waals surface area (Å²) in [6.07, 6.45) is 2.88. The first-order valence-corrected chi connectivity index (χ1v) is 7.30. The number of amides is 2. The van der Waals surface area contributed by atoms with Gasteiger partial charge in [-0.25, -0.2) is 9.78 Å². The standard InChI is InChI=1S/C15H19ClN4O2/c1-10(21)9-18-15(22)19-13(14-17-7-8-20(14)2)11-3-5-12(16)6-4-11/h3-8,10,13,21H,9H2,1-2H3,(H2,18,19,22)/t10-,13-/m1/s1. The van der Waals surface area contributed by atoms with Crippen molar-refractivity contribution in [3.8, 4) is 0 Å². The Morgan fingerprint density at radius 1 is 1.41 bits per heavy atom. The lowest BCUT2D eigenvalue weighted by molar-refractivity contribution is 0.187. The Kier molecular flexibility index (Phi) is 5.41. The van der Waals surface area contributed by atoms with E-state index in [1.165, 1.54) is 0 Å². The Bertz CT molecular complexity index is 625. The highest BCUT2D eigenvalue weighted by atomic mass is 35.5. The molecule has 1 aromatic carbocycles. The molecule has 118 valence electrons. The van der Waals surface area contributed by atoms with Crippen molar-refractivity contribution in [3.05, 3.63) is 53.1 Å². The van der Waals surface area contributed by atoms with Gasteiger partial charge in [0.2, 0.25) is 0 Å². The van der Waals surface area contributed by atoms with E-state index >= 15 is 0 Å². The summed E-state index contributed by atoms with van der Waals surface area (Å²) in [6.45, 7) is 1.79. The molecule has 2 amide bonds. The SMILES string of the molecule is C[C@@H](O)CNC(=O)N[C@H](c1ccc(Cl)cc1)c1nccn1C. The molecule has 0 spiro atoms. The summed E-state index contributed by atoms with van der Waals surface area (Å²) in [6, 6.07) is 6.44. The fourth-order valence-electron chi connectivity index (χ4n) is 2.03. The molecular weight excluding hydrogens is 304 g/mol. The molecule has 0 aliphatic rings. The molecule has 2 rings (SSSR count). The van der Waals surface area contributed by atoms with Crippen LogP contribution in [0.25, 0.3) is 0 Å². The van der Waals surface area contributed by atoms with Gasteiger partial charge in [-0.3, -0.25) is 0 Å². The van der Waals surface area contributed by atoms with Gasteiger partial charge in [0.25, 0.3) is 0 Å². The van der Waals surface area contributed by atoms with Crippen molar-refractivity contribution < 1.29 is 9.90 Å². The zero-order chi connectivity index (χ0) is 16.1. The van der Waals surface area contributed by atoms with Crippen LogP contribution in [0.2, 0.25) is 5.02 Å². The Morgan fingerprint density at radius 2 is 2.09 bits per heavy atom. The van der Waals surface area contributed by atoms with Crippen LogP contribution in [0.1, 0.15) is 24.4 Å². The van der Waals surface area contributed by atoms with Crippen LogP contribution in [0, 0.1) is 0 Å². The number of imidazole rings is 1. The molecule has 22 heavy (non-hydrogen) atoms. The number of aromatic nitrogens is 2. The third kappa shape index (κ3) is 4.22. The van der Waals surface area contributed by atoms with Crippen molar-refractivity contribution in [1.29, 1.82) is 0 Å². The van der Waals surface area contributed by atoms with Gasteiger partial charge in [0.15, 0.2) is 0 Å². The summed E-state index contributed by atoms with van der Waals surface area (Å²) in [4.78, 5) is 16.3. The second kappa shape index (κ2) is 7.29. The molecule has 2 atom stereocenters. The predicted octanol–water partition coefficient (Wildman–Crippen LogP) is 1.84. The van der Waals surface area contributed by atoms with E-state index < -0.39 is 12.1 Å². The molecule has 2 aromatic rings. The lowest BCUT2D eigenvalue weighted by Crippen LogP contribution is -2.41. The number of urea groups is 1. The molecule has 3 N–H and O–H groups in total. The molecule has 0 aliphatic heterocycles. The summed E-state index contributed by atoms with van der Waals surface area (Å²) < 4.78 is 1.84. The lowest BCUT2D eigenvalue weighted by atomic mass is 10.1. The highest BCUT2D eigenvalue weighted by Gasteiger charge is 2.20. The topological polar surface area (TPSA) is 79.2 Å². The van der Waals surface area contributed by atoms with Gasteiger partial charge in [-0.2, -0.15) is 0 Å². The van der Waals surface area contributed by atoms with Crippen molar-refractivity contribution in [2.45, 2.75) is 19.1 Å². The summed E-state index contributed by atoms with van der Waals surface area (Å²) in [7, 11) is 1.86. The number of carbonyl (C=O) groups is 1. The van der Waals surface area contributed by atoms with Crippen LogP contribution in [-0.4, -0.2) is 33.3 Å². The van der Waals surface area contributed by atoms with Crippen molar-refractivity contribution in [2.24, 2.45) is 7.05 Å². The van der Waals surface area contributed by atoms with E-state index in [-0.39, 0.29) is 12.6 Å². The smallest absolute Gasteiger partial charge is 0.315 e. The minimum Gasteiger partial charge on any atom is -0.392 e. The maximum Gasteiger partial charge on any atom is 0.315 e. The number of rotatable bonds is 5. The average molecular weight is 323 g/mol. The van der Waals surface area contributed by atoms with Gasteiger partial charge in [0.05, 0.1) is 6.10 Å². The number of hydrogen-bond donors (Lipinski definition) is 3. The Balaban J connectivity index is 2.21. The van der Waals surface area contributed by atoms with Crippen LogP contribution in [-0.2, 0) is 7.05 Å². The van der Waals surface area contributed by atoms with Gasteiger partial charge in [-0.15, -0.1) is 0 Å². The number of nitrogens with zero attached hydrogens (tertiary/aromatic N) is 2. The third-order valence-electron chi connectivity index (χ3n) is 3.15. The number of halogens is 1. The maximum absolute atomic E-state index is 12.0. The summed E-state index contributed by atoms with van der Waals surface area (Å²) in [5.41, 5.74) is 0.867. The van der Waals surface area contributed by atoms with E-state index in [1.54, 1.807) is 25.3 Å². The van der Waals surface area contributed by atoms with Crippen molar-refractivity contribution in [1.82, 2.24) is 20.2 Å². The van der Waals surface area contributed by atoms with E-state index in [9.17, 15) is 9.90 Å². The van der Waals surface area contributed by atoms with E-state index in [1.807, 2.05) is 29.9 Å². The number of aliphatic hydroxyl groups excluding tert-OH is 1. The lowest BCUT2D eigenvalue weighted by Gasteiger charge is -2.20. The second-order valence-corrected chi connectivity index (χ2v) is 5.52. The highest BCUT2D eigenvalue weighted by Crippen LogP contribution is 2.22. The summed E-state index contributed by atoms with van der Waals surface area (Å²) >= 11 is 5.91. The van der Waals surface area contributed by atoms with Gasteiger partial charge < -0.3 is 20.3 Å². The molecule has 6 nitrogen and oxygen atoms in total. The minimum atomic E-state index is -0.604. The molecule has 1 aromatic heterocycles. The molecule has 0 unspecified atom stereocenters. The van der Waals surface area contributed by atoms with Crippen molar-refractivity contribution >= 4 is 17.6 Å². The number of aliphatic hydroxyl groups is 1. The maximum atomic E-state index is 12.0. The number of hydrogen-bond acceptors (Lipinski definition) is 3. The largest absolute Gasteiger partial charge is 0.392 e. The quantitative estimate of drug-likeness (QED) is 0.786. The fourth-order valence-corrected chi connectivity index (χ4v) is 2.16. The van der Waals surface area contributed by atoms with E-state index in [0.29, 0.717) is 10.8 Å². The number of carbonyl (C=O) groups excluding carboxylic acids is 1. The predicted molar refractivity (Wildman–Crippen MR) is 84.7 cm³/mol. The van der Waals surface area contributed by atoms with Gasteiger partial charge in [0, 0.05) is 31.0 Å². The van der Waals surface area contributed by atoms with Crippen LogP contribution in [0.3, 0.4) is 0 Å². The number of benzene rings is 1. The number of nitrogens with one attached hydrogen (secondary N) is 2. The second-order valence-electron chi connectivity index (χ2n) is 5.08. The average Bonchev–Trinajstić information content (AvgIpc) is 2.90. The minimum absolute atomic E-state index is 0.180. The van der Waals surface area contributed by atoms with E-state index in [2.05, 4.69) is 15.6 Å². The van der Waals surface area contributed by atoms with Gasteiger partial charge in [-0.05, 0) is 24.6 Å². The first kappa shape index (κ1) is 16.3. The third-order valence-corrected chi connectivity index (χ3v) is 3.41. The van der Waals surface area contributed by atoms with E-state index in [4.69, 9.17) is 11.6 Å². The fraction of sp³-hybridized carbons (Fsp3) is 0.333. The molecule has 0 saturated carbocycles. The molecule has 0 fully saturated rings. The molecule has 7 heteroatoms. The van der Waals surface area contributed by atoms with Gasteiger partial charge in [-0.1, -0.05) is 23.7 Å². The van der Waals surface area contributed by atoms with Crippen LogP contribution in [0.15, 0.2) is 36.7 Å². The van der Waals surface area contributed by atoms with Crippen LogP contribution < -0.4 is 10.6 Å². The normalized spacial score (nSPS) is 13.5. The highest BCUT2D eigenvalue weighted by molar-refractivity contribution is 6.30. The van der Waals surface area contributed by atoms with Crippen LogP contribution in [0.5, 0.6) is 0 Å². The molecule has 0 bridgehead atoms. The van der Waals surface area contributed by atoms with Gasteiger partial charge >= 0.3 is 6.03 Å². The molecule has 0 saturated heterocycles. The van der Waals surface area contributed by atoms with Crippen molar-refractivity contribution in [3.63, 3.8) is 0 Å². The zero-order valence-electron chi connectivity index (χ0n) is 12.5. The molecule has 1 heterocycles. The Morgan fingerprint density at radius 3 is 2.64 bits per heavy atom. The monoisotopic (exact) mass is 322 g/mol. The van der Waals surface area contributed by atoms with Crippen LogP contribution in [0.4, 0.5) is 4.79 Å². The summed E-state index contributed by atoms with van der Waals surface area (Å²) in [5.74, 6) is 0.703. The summed E-state index contributed by atoms with van der Waals surface area (Å²) in [5, 5.41) is 15.3. The Labute approximate surface area is 134 Å². The van der Waals surface area contributed by atoms with Crippen molar-refractivity contribution in [2.75, 3.05) is 6.54 Å². The first-order chi connectivity index (χ1) is 10.5. The molecular formula is C15H19ClN4O2. The molecule has 0 aliphatic carbocycles.